The molecule has 1 amide bonds. The van der Waals surface area contributed by atoms with Gasteiger partial charge in [0.05, 0.1) is 18.0 Å². The van der Waals surface area contributed by atoms with Gasteiger partial charge in [-0.25, -0.2) is 9.78 Å². The molecule has 0 unspecified atom stereocenters. The van der Waals surface area contributed by atoms with Gasteiger partial charge in [-0.3, -0.25) is 14.2 Å². The van der Waals surface area contributed by atoms with Gasteiger partial charge in [0.25, 0.3) is 5.56 Å². The molecule has 31 heavy (non-hydrogen) atoms. The number of amides is 1. The third kappa shape index (κ3) is 4.05. The van der Waals surface area contributed by atoms with E-state index in [2.05, 4.69) is 15.3 Å². The van der Waals surface area contributed by atoms with Crippen molar-refractivity contribution in [1.29, 1.82) is 0 Å². The first-order chi connectivity index (χ1) is 15.0. The average molecular weight is 418 g/mol. The summed E-state index contributed by atoms with van der Waals surface area (Å²) in [4.78, 5) is 45.5. The number of H-pyrrole nitrogens is 1. The molecule has 0 aliphatic rings. The minimum atomic E-state index is -0.888. The number of aryl methyl sites for hydroxylation is 1. The molecule has 8 heteroatoms. The molecule has 8 nitrogen and oxygen atoms in total. The number of benzene rings is 2. The van der Waals surface area contributed by atoms with Gasteiger partial charge in [-0.15, -0.1) is 0 Å². The standard InChI is InChI=1S/C23H22N4O4/c1-14-25-19-10-6-4-8-17(19)22(29)27(14)13-21(28)26-20(23(30)31-2)11-15-12-24-18-9-5-3-7-16(15)18/h3-10,12,20,24H,11,13H2,1-2H3,(H,26,28)/t20-/m1/s1. The third-order valence-electron chi connectivity index (χ3n) is 5.27. The van der Waals surface area contributed by atoms with Gasteiger partial charge in [0.2, 0.25) is 5.91 Å². The lowest BCUT2D eigenvalue weighted by molar-refractivity contribution is -0.145. The number of methoxy groups -OCH3 is 1. The van der Waals surface area contributed by atoms with Crippen LogP contribution in [-0.4, -0.2) is 39.6 Å². The van der Waals surface area contributed by atoms with Crippen molar-refractivity contribution in [2.24, 2.45) is 0 Å². The highest BCUT2D eigenvalue weighted by molar-refractivity contribution is 5.87. The van der Waals surface area contributed by atoms with Crippen LogP contribution in [0.25, 0.3) is 21.8 Å². The monoisotopic (exact) mass is 418 g/mol. The van der Waals surface area contributed by atoms with Crippen LogP contribution in [0.2, 0.25) is 0 Å². The van der Waals surface area contributed by atoms with Crippen LogP contribution in [0.15, 0.2) is 59.5 Å². The number of aromatic nitrogens is 3. The van der Waals surface area contributed by atoms with Crippen LogP contribution < -0.4 is 10.9 Å². The second kappa shape index (κ2) is 8.43. The number of carbonyl (C=O) groups excluding carboxylic acids is 2. The van der Waals surface area contributed by atoms with Crippen molar-refractivity contribution in [3.63, 3.8) is 0 Å². The molecular formula is C23H22N4O4. The third-order valence-corrected chi connectivity index (χ3v) is 5.27. The molecule has 0 bridgehead atoms. The molecule has 0 aliphatic carbocycles. The maximum Gasteiger partial charge on any atom is 0.328 e. The highest BCUT2D eigenvalue weighted by atomic mass is 16.5. The molecule has 0 saturated heterocycles. The Morgan fingerprint density at radius 3 is 2.61 bits per heavy atom. The molecule has 0 radical (unpaired) electrons. The number of carbonyl (C=O) groups is 2. The Morgan fingerprint density at radius 1 is 1.13 bits per heavy atom. The number of rotatable bonds is 6. The molecule has 0 spiro atoms. The first-order valence-electron chi connectivity index (χ1n) is 9.86. The largest absolute Gasteiger partial charge is 0.467 e. The Labute approximate surface area is 177 Å². The summed E-state index contributed by atoms with van der Waals surface area (Å²) in [6, 6.07) is 13.8. The summed E-state index contributed by atoms with van der Waals surface area (Å²) in [5.74, 6) is -0.609. The molecule has 1 atom stereocenters. The number of ether oxygens (including phenoxy) is 1. The van der Waals surface area contributed by atoms with E-state index in [4.69, 9.17) is 4.74 Å². The predicted molar refractivity (Wildman–Crippen MR) is 117 cm³/mol. The van der Waals surface area contributed by atoms with Gasteiger partial charge < -0.3 is 15.0 Å². The average Bonchev–Trinajstić information content (AvgIpc) is 3.18. The zero-order valence-electron chi connectivity index (χ0n) is 17.2. The number of hydrogen-bond donors (Lipinski definition) is 2. The van der Waals surface area contributed by atoms with E-state index in [0.717, 1.165) is 16.5 Å². The minimum Gasteiger partial charge on any atom is -0.467 e. The lowest BCUT2D eigenvalue weighted by Crippen LogP contribution is -2.45. The van der Waals surface area contributed by atoms with E-state index < -0.39 is 17.9 Å². The van der Waals surface area contributed by atoms with Gasteiger partial charge in [0.15, 0.2) is 0 Å². The summed E-state index contributed by atoms with van der Waals surface area (Å²) < 4.78 is 6.19. The Bertz CT molecular complexity index is 1340. The summed E-state index contributed by atoms with van der Waals surface area (Å²) in [7, 11) is 1.28. The minimum absolute atomic E-state index is 0.246. The first kappa shape index (κ1) is 20.3. The molecule has 2 heterocycles. The lowest BCUT2D eigenvalue weighted by Gasteiger charge is -2.17. The van der Waals surface area contributed by atoms with Crippen molar-refractivity contribution >= 4 is 33.7 Å². The van der Waals surface area contributed by atoms with E-state index in [0.29, 0.717) is 16.7 Å². The number of nitrogens with one attached hydrogen (secondary N) is 2. The quantitative estimate of drug-likeness (QED) is 0.467. The molecule has 2 aromatic carbocycles. The first-order valence-corrected chi connectivity index (χ1v) is 9.86. The van der Waals surface area contributed by atoms with Crippen molar-refractivity contribution in [3.05, 3.63) is 76.5 Å². The van der Waals surface area contributed by atoms with E-state index in [1.165, 1.54) is 11.7 Å². The van der Waals surface area contributed by atoms with E-state index in [1.807, 2.05) is 30.5 Å². The van der Waals surface area contributed by atoms with E-state index in [-0.39, 0.29) is 18.5 Å². The van der Waals surface area contributed by atoms with Gasteiger partial charge in [0, 0.05) is 23.5 Å². The number of hydrogen-bond acceptors (Lipinski definition) is 5. The van der Waals surface area contributed by atoms with Crippen molar-refractivity contribution in [3.8, 4) is 0 Å². The van der Waals surface area contributed by atoms with Gasteiger partial charge in [-0.1, -0.05) is 30.3 Å². The molecule has 2 N–H and O–H groups in total. The second-order valence-corrected chi connectivity index (χ2v) is 7.27. The Balaban J connectivity index is 1.57. The predicted octanol–water partition coefficient (Wildman–Crippen LogP) is 2.09. The second-order valence-electron chi connectivity index (χ2n) is 7.27. The SMILES string of the molecule is COC(=O)[C@@H](Cc1c[nH]c2ccccc12)NC(=O)Cn1c(C)nc2ccccc2c1=O. The zero-order valence-corrected chi connectivity index (χ0v) is 17.2. The Morgan fingerprint density at radius 2 is 1.84 bits per heavy atom. The van der Waals surface area contributed by atoms with Crippen LogP contribution >= 0.6 is 0 Å². The van der Waals surface area contributed by atoms with Gasteiger partial charge in [-0.2, -0.15) is 0 Å². The highest BCUT2D eigenvalue weighted by Gasteiger charge is 2.24. The Hall–Kier alpha value is -3.94. The molecule has 0 saturated carbocycles. The van der Waals surface area contributed by atoms with Gasteiger partial charge >= 0.3 is 5.97 Å². The summed E-state index contributed by atoms with van der Waals surface area (Å²) >= 11 is 0. The van der Waals surface area contributed by atoms with Crippen molar-refractivity contribution in [2.75, 3.05) is 7.11 Å². The maximum atomic E-state index is 12.8. The molecule has 4 rings (SSSR count). The lowest BCUT2D eigenvalue weighted by atomic mass is 10.0. The molecule has 0 aliphatic heterocycles. The molecular weight excluding hydrogens is 396 g/mol. The number of esters is 1. The van der Waals surface area contributed by atoms with Crippen LogP contribution in [0.4, 0.5) is 0 Å². The highest BCUT2D eigenvalue weighted by Crippen LogP contribution is 2.19. The number of aromatic amines is 1. The zero-order chi connectivity index (χ0) is 22.0. The van der Waals surface area contributed by atoms with E-state index in [9.17, 15) is 14.4 Å². The fourth-order valence-electron chi connectivity index (χ4n) is 3.70. The fraction of sp³-hybridized carbons (Fsp3) is 0.217. The Kier molecular flexibility index (Phi) is 5.53. The van der Waals surface area contributed by atoms with Crippen LogP contribution in [0, 0.1) is 6.92 Å². The van der Waals surface area contributed by atoms with Crippen LogP contribution in [-0.2, 0) is 27.3 Å². The number of para-hydroxylation sites is 2. The van der Waals surface area contributed by atoms with Crippen LogP contribution in [0.5, 0.6) is 0 Å². The van der Waals surface area contributed by atoms with Crippen molar-refractivity contribution in [2.45, 2.75) is 25.9 Å². The van der Waals surface area contributed by atoms with E-state index in [1.54, 1.807) is 31.2 Å². The normalized spacial score (nSPS) is 12.1. The summed E-state index contributed by atoms with van der Waals surface area (Å²) in [5.41, 5.74) is 2.10. The summed E-state index contributed by atoms with van der Waals surface area (Å²) in [6.07, 6.45) is 2.07. The van der Waals surface area contributed by atoms with Crippen molar-refractivity contribution in [1.82, 2.24) is 19.9 Å². The van der Waals surface area contributed by atoms with Gasteiger partial charge in [0.1, 0.15) is 18.4 Å². The fourth-order valence-corrected chi connectivity index (χ4v) is 3.70. The number of nitrogens with zero attached hydrogens (tertiary/aromatic N) is 2. The summed E-state index contributed by atoms with van der Waals surface area (Å²) in [6.45, 7) is 1.43. The molecule has 158 valence electrons. The van der Waals surface area contributed by atoms with Crippen molar-refractivity contribution < 1.29 is 14.3 Å². The topological polar surface area (TPSA) is 106 Å². The number of fused-ring (bicyclic) bond motifs is 2. The molecule has 0 fully saturated rings. The molecule has 4 aromatic rings. The smallest absolute Gasteiger partial charge is 0.328 e. The van der Waals surface area contributed by atoms with E-state index >= 15 is 0 Å². The maximum absolute atomic E-state index is 12.8. The van der Waals surface area contributed by atoms with Gasteiger partial charge in [-0.05, 0) is 30.7 Å². The molecule has 2 aromatic heterocycles. The van der Waals surface area contributed by atoms with Crippen LogP contribution in [0.1, 0.15) is 11.4 Å². The summed E-state index contributed by atoms with van der Waals surface area (Å²) in [5, 5.41) is 4.11. The van der Waals surface area contributed by atoms with Crippen LogP contribution in [0.3, 0.4) is 0 Å².